The van der Waals surface area contributed by atoms with Crippen molar-refractivity contribution in [1.29, 1.82) is 0 Å². The third-order valence-electron chi connectivity index (χ3n) is 2.81. The van der Waals surface area contributed by atoms with Gasteiger partial charge in [0.05, 0.1) is 0 Å². The van der Waals surface area contributed by atoms with Gasteiger partial charge in [-0.25, -0.2) is 0 Å². The number of nitrogens with one attached hydrogen (secondary N) is 1. The number of hydrogen-bond acceptors (Lipinski definition) is 3. The number of benzene rings is 1. The molecule has 0 bridgehead atoms. The van der Waals surface area contributed by atoms with Crippen molar-refractivity contribution in [2.24, 2.45) is 11.7 Å². The second kappa shape index (κ2) is 7.67. The summed E-state index contributed by atoms with van der Waals surface area (Å²) in [7, 11) is 0. The molecule has 4 nitrogen and oxygen atoms in total. The van der Waals surface area contributed by atoms with E-state index in [-0.39, 0.29) is 6.61 Å². The molecule has 1 unspecified atom stereocenters. The van der Waals surface area contributed by atoms with E-state index in [1.54, 1.807) is 0 Å². The first-order valence-corrected chi connectivity index (χ1v) is 6.75. The number of ether oxygens (including phenoxy) is 1. The molecule has 0 saturated heterocycles. The lowest BCUT2D eigenvalue weighted by Gasteiger charge is -2.17. The molecule has 0 saturated carbocycles. The minimum atomic E-state index is -0.469. The lowest BCUT2D eigenvalue weighted by molar-refractivity contribution is -0.119. The summed E-state index contributed by atoms with van der Waals surface area (Å²) in [5.74, 6) is 0.901. The Bertz CT molecular complexity index is 405. The van der Waals surface area contributed by atoms with Crippen molar-refractivity contribution < 1.29 is 9.53 Å². The van der Waals surface area contributed by atoms with Gasteiger partial charge in [0.25, 0.3) is 5.91 Å². The fourth-order valence-corrected chi connectivity index (χ4v) is 1.77. The molecule has 0 aliphatic rings. The van der Waals surface area contributed by atoms with Crippen LogP contribution in [-0.2, 0) is 4.79 Å². The van der Waals surface area contributed by atoms with Gasteiger partial charge in [-0.2, -0.15) is 0 Å². The zero-order valence-electron chi connectivity index (χ0n) is 12.0. The topological polar surface area (TPSA) is 64.3 Å². The van der Waals surface area contributed by atoms with Crippen LogP contribution in [0.15, 0.2) is 24.3 Å². The first kappa shape index (κ1) is 15.3. The van der Waals surface area contributed by atoms with E-state index in [1.165, 1.54) is 6.42 Å². The molecule has 19 heavy (non-hydrogen) atoms. The summed E-state index contributed by atoms with van der Waals surface area (Å²) in [6.07, 6.45) is 2.33. The maximum absolute atomic E-state index is 10.7. The number of carbonyl (C=O) groups is 1. The van der Waals surface area contributed by atoms with Crippen LogP contribution in [0, 0.1) is 5.92 Å². The second-order valence-corrected chi connectivity index (χ2v) is 5.30. The smallest absolute Gasteiger partial charge is 0.255 e. The van der Waals surface area contributed by atoms with E-state index in [9.17, 15) is 4.79 Å². The van der Waals surface area contributed by atoms with Crippen LogP contribution in [0.4, 0.5) is 5.69 Å². The molecule has 1 aromatic rings. The van der Waals surface area contributed by atoms with Crippen LogP contribution in [0.3, 0.4) is 0 Å². The van der Waals surface area contributed by atoms with Crippen molar-refractivity contribution in [1.82, 2.24) is 0 Å². The Morgan fingerprint density at radius 1 is 1.32 bits per heavy atom. The Morgan fingerprint density at radius 2 is 2.05 bits per heavy atom. The van der Waals surface area contributed by atoms with Gasteiger partial charge in [0.1, 0.15) is 5.75 Å². The summed E-state index contributed by atoms with van der Waals surface area (Å²) < 4.78 is 5.27. The summed E-state index contributed by atoms with van der Waals surface area (Å²) >= 11 is 0. The minimum absolute atomic E-state index is 0.0909. The molecule has 0 aliphatic heterocycles. The first-order valence-electron chi connectivity index (χ1n) is 6.75. The highest BCUT2D eigenvalue weighted by atomic mass is 16.5. The summed E-state index contributed by atoms with van der Waals surface area (Å²) in [6, 6.07) is 7.99. The Balaban J connectivity index is 2.49. The highest BCUT2D eigenvalue weighted by Gasteiger charge is 2.05. The molecular formula is C15H24N2O2. The normalized spacial score (nSPS) is 12.2. The summed E-state index contributed by atoms with van der Waals surface area (Å²) in [4.78, 5) is 10.7. The number of primary amides is 1. The van der Waals surface area contributed by atoms with Crippen LogP contribution in [-0.4, -0.2) is 18.6 Å². The Hall–Kier alpha value is -1.71. The van der Waals surface area contributed by atoms with Crippen LogP contribution < -0.4 is 15.8 Å². The molecule has 0 fully saturated rings. The molecule has 1 atom stereocenters. The number of rotatable bonds is 8. The van der Waals surface area contributed by atoms with Crippen LogP contribution in [0.25, 0.3) is 0 Å². The Morgan fingerprint density at radius 3 is 2.68 bits per heavy atom. The van der Waals surface area contributed by atoms with Crippen molar-refractivity contribution in [2.75, 3.05) is 11.9 Å². The van der Waals surface area contributed by atoms with Crippen LogP contribution >= 0.6 is 0 Å². The van der Waals surface area contributed by atoms with E-state index in [0.29, 0.717) is 11.8 Å². The van der Waals surface area contributed by atoms with Crippen LogP contribution in [0.2, 0.25) is 0 Å². The molecule has 0 spiro atoms. The second-order valence-electron chi connectivity index (χ2n) is 5.30. The van der Waals surface area contributed by atoms with Gasteiger partial charge in [0, 0.05) is 17.8 Å². The van der Waals surface area contributed by atoms with Gasteiger partial charge in [0.2, 0.25) is 0 Å². The number of amides is 1. The SMILES string of the molecule is CC(C)CCC(C)Nc1cccc(OCC(N)=O)c1. The van der Waals surface area contributed by atoms with Gasteiger partial charge in [-0.3, -0.25) is 4.79 Å². The van der Waals surface area contributed by atoms with Crippen molar-refractivity contribution in [3.8, 4) is 5.75 Å². The van der Waals surface area contributed by atoms with Crippen molar-refractivity contribution in [3.05, 3.63) is 24.3 Å². The maximum atomic E-state index is 10.7. The van der Waals surface area contributed by atoms with E-state index in [4.69, 9.17) is 10.5 Å². The predicted octanol–water partition coefficient (Wildman–Crippen LogP) is 2.79. The van der Waals surface area contributed by atoms with Gasteiger partial charge in [-0.1, -0.05) is 19.9 Å². The number of anilines is 1. The summed E-state index contributed by atoms with van der Waals surface area (Å²) in [6.45, 7) is 6.53. The molecule has 106 valence electrons. The van der Waals surface area contributed by atoms with Crippen molar-refractivity contribution >= 4 is 11.6 Å². The van der Waals surface area contributed by atoms with Crippen LogP contribution in [0.5, 0.6) is 5.75 Å². The fourth-order valence-electron chi connectivity index (χ4n) is 1.77. The Kier molecular flexibility index (Phi) is 6.19. The van der Waals surface area contributed by atoms with E-state index in [0.717, 1.165) is 18.0 Å². The van der Waals surface area contributed by atoms with Gasteiger partial charge >= 0.3 is 0 Å². The molecule has 0 radical (unpaired) electrons. The first-order chi connectivity index (χ1) is 8.97. The zero-order chi connectivity index (χ0) is 14.3. The standard InChI is InChI=1S/C15H24N2O2/c1-11(2)7-8-12(3)17-13-5-4-6-14(9-13)19-10-15(16)18/h4-6,9,11-12,17H,7-8,10H2,1-3H3,(H2,16,18). The third kappa shape index (κ3) is 6.70. The van der Waals surface area contributed by atoms with E-state index < -0.39 is 5.91 Å². The molecule has 4 heteroatoms. The molecule has 3 N–H and O–H groups in total. The quantitative estimate of drug-likeness (QED) is 0.759. The zero-order valence-corrected chi connectivity index (χ0v) is 12.0. The molecule has 1 amide bonds. The largest absolute Gasteiger partial charge is 0.484 e. The molecular weight excluding hydrogens is 240 g/mol. The Labute approximate surface area is 115 Å². The number of hydrogen-bond donors (Lipinski definition) is 2. The molecule has 1 aromatic carbocycles. The monoisotopic (exact) mass is 264 g/mol. The lowest BCUT2D eigenvalue weighted by Crippen LogP contribution is -2.20. The van der Waals surface area contributed by atoms with Gasteiger partial charge in [-0.05, 0) is 37.8 Å². The van der Waals surface area contributed by atoms with E-state index in [2.05, 4.69) is 26.1 Å². The highest BCUT2D eigenvalue weighted by Crippen LogP contribution is 2.19. The van der Waals surface area contributed by atoms with E-state index >= 15 is 0 Å². The van der Waals surface area contributed by atoms with Crippen LogP contribution in [0.1, 0.15) is 33.6 Å². The molecule has 1 rings (SSSR count). The lowest BCUT2D eigenvalue weighted by atomic mass is 10.0. The van der Waals surface area contributed by atoms with E-state index in [1.807, 2.05) is 24.3 Å². The molecule has 0 aliphatic carbocycles. The predicted molar refractivity (Wildman–Crippen MR) is 78.3 cm³/mol. The van der Waals surface area contributed by atoms with Crippen molar-refractivity contribution in [2.45, 2.75) is 39.7 Å². The highest BCUT2D eigenvalue weighted by molar-refractivity contribution is 5.75. The van der Waals surface area contributed by atoms with Gasteiger partial charge in [0.15, 0.2) is 6.61 Å². The number of carbonyl (C=O) groups excluding carboxylic acids is 1. The van der Waals surface area contributed by atoms with Crippen molar-refractivity contribution in [3.63, 3.8) is 0 Å². The van der Waals surface area contributed by atoms with Gasteiger partial charge < -0.3 is 15.8 Å². The van der Waals surface area contributed by atoms with Gasteiger partial charge in [-0.15, -0.1) is 0 Å². The summed E-state index contributed by atoms with van der Waals surface area (Å²) in [5, 5.41) is 3.43. The average molecular weight is 264 g/mol. The maximum Gasteiger partial charge on any atom is 0.255 e. The third-order valence-corrected chi connectivity index (χ3v) is 2.81. The number of nitrogens with two attached hydrogens (primary N) is 1. The average Bonchev–Trinajstić information content (AvgIpc) is 2.34. The molecule has 0 aromatic heterocycles. The fraction of sp³-hybridized carbons (Fsp3) is 0.533. The minimum Gasteiger partial charge on any atom is -0.484 e. The molecule has 0 heterocycles. The summed E-state index contributed by atoms with van der Waals surface area (Å²) in [5.41, 5.74) is 6.05.